The first kappa shape index (κ1) is 22.8. The zero-order valence-corrected chi connectivity index (χ0v) is 19.6. The highest BCUT2D eigenvalue weighted by atomic mass is 127. The van der Waals surface area contributed by atoms with E-state index in [2.05, 4.69) is 33.1 Å². The second-order valence-corrected chi connectivity index (χ2v) is 8.21. The largest absolute Gasteiger partial charge is 0.483 e. The van der Waals surface area contributed by atoms with Crippen molar-refractivity contribution in [2.75, 3.05) is 6.61 Å². The molecule has 0 aliphatic rings. The molecule has 0 saturated carbocycles. The van der Waals surface area contributed by atoms with Gasteiger partial charge >= 0.3 is 5.97 Å². The predicted octanol–water partition coefficient (Wildman–Crippen LogP) is 4.58. The SMILES string of the molecule is Cc1cc(/C=N/NC(=O)COc2ccccc2I)c(C)n1-c1ccc(C(=O)O)c(Cl)c1. The van der Waals surface area contributed by atoms with Crippen LogP contribution in [0, 0.1) is 17.4 Å². The second-order valence-electron chi connectivity index (χ2n) is 6.64. The summed E-state index contributed by atoms with van der Waals surface area (Å²) in [4.78, 5) is 23.2. The number of nitrogens with zero attached hydrogens (tertiary/aromatic N) is 2. The molecule has 9 heteroatoms. The Morgan fingerprint density at radius 1 is 1.23 bits per heavy atom. The van der Waals surface area contributed by atoms with E-state index in [0.717, 1.165) is 26.2 Å². The number of hydrazone groups is 1. The van der Waals surface area contributed by atoms with Gasteiger partial charge in [0.25, 0.3) is 5.91 Å². The maximum Gasteiger partial charge on any atom is 0.337 e. The van der Waals surface area contributed by atoms with Gasteiger partial charge in [-0.3, -0.25) is 4.79 Å². The van der Waals surface area contributed by atoms with Crippen LogP contribution in [0.4, 0.5) is 0 Å². The first-order valence-electron chi connectivity index (χ1n) is 9.19. The molecule has 0 spiro atoms. The predicted molar refractivity (Wildman–Crippen MR) is 128 cm³/mol. The fourth-order valence-corrected chi connectivity index (χ4v) is 3.84. The van der Waals surface area contributed by atoms with E-state index in [1.165, 1.54) is 6.07 Å². The molecular formula is C22H19ClIN3O4. The summed E-state index contributed by atoms with van der Waals surface area (Å²) in [6.07, 6.45) is 1.55. The van der Waals surface area contributed by atoms with E-state index in [0.29, 0.717) is 5.75 Å². The third kappa shape index (κ3) is 5.45. The third-order valence-corrected chi connectivity index (χ3v) is 5.70. The lowest BCUT2D eigenvalue weighted by Crippen LogP contribution is -2.24. The van der Waals surface area contributed by atoms with Gasteiger partial charge in [0.15, 0.2) is 6.61 Å². The highest BCUT2D eigenvalue weighted by molar-refractivity contribution is 14.1. The monoisotopic (exact) mass is 551 g/mol. The molecule has 0 unspecified atom stereocenters. The lowest BCUT2D eigenvalue weighted by Gasteiger charge is -2.11. The number of amides is 1. The number of para-hydroxylation sites is 1. The zero-order chi connectivity index (χ0) is 22.5. The molecular weight excluding hydrogens is 533 g/mol. The van der Waals surface area contributed by atoms with Gasteiger partial charge < -0.3 is 14.4 Å². The number of nitrogens with one attached hydrogen (secondary N) is 1. The van der Waals surface area contributed by atoms with Crippen molar-refractivity contribution in [3.05, 3.63) is 79.6 Å². The minimum absolute atomic E-state index is 0.0461. The molecule has 0 saturated heterocycles. The number of carboxylic acid groups (broad SMARTS) is 1. The molecule has 1 aromatic heterocycles. The number of ether oxygens (including phenoxy) is 1. The van der Waals surface area contributed by atoms with Crippen LogP contribution in [-0.2, 0) is 4.79 Å². The highest BCUT2D eigenvalue weighted by Crippen LogP contribution is 2.25. The maximum atomic E-state index is 12.0. The Hall–Kier alpha value is -2.85. The van der Waals surface area contributed by atoms with Gasteiger partial charge in [0.05, 0.1) is 20.4 Å². The Bertz CT molecular complexity index is 1170. The molecule has 0 aliphatic heterocycles. The maximum absolute atomic E-state index is 12.0. The molecule has 1 heterocycles. The first-order valence-corrected chi connectivity index (χ1v) is 10.6. The van der Waals surface area contributed by atoms with Gasteiger partial charge in [0, 0.05) is 22.6 Å². The molecule has 2 aromatic carbocycles. The normalized spacial score (nSPS) is 11.0. The number of halogens is 2. The molecule has 0 atom stereocenters. The average molecular weight is 552 g/mol. The van der Waals surface area contributed by atoms with Gasteiger partial charge in [-0.05, 0) is 72.8 Å². The van der Waals surface area contributed by atoms with Gasteiger partial charge in [-0.25, -0.2) is 10.2 Å². The van der Waals surface area contributed by atoms with Crippen molar-refractivity contribution in [2.45, 2.75) is 13.8 Å². The molecule has 0 fully saturated rings. The van der Waals surface area contributed by atoms with Crippen LogP contribution in [0.5, 0.6) is 5.75 Å². The summed E-state index contributed by atoms with van der Waals surface area (Å²) < 4.78 is 8.34. The van der Waals surface area contributed by atoms with Crippen LogP contribution in [0.2, 0.25) is 5.02 Å². The molecule has 160 valence electrons. The number of carboxylic acids is 1. The van der Waals surface area contributed by atoms with Crippen LogP contribution in [0.15, 0.2) is 53.6 Å². The Labute approximate surface area is 197 Å². The van der Waals surface area contributed by atoms with E-state index in [1.807, 2.05) is 42.7 Å². The fraction of sp³-hybridized carbons (Fsp3) is 0.136. The molecule has 0 radical (unpaired) electrons. The smallest absolute Gasteiger partial charge is 0.337 e. The highest BCUT2D eigenvalue weighted by Gasteiger charge is 2.14. The molecule has 3 aromatic rings. The standard InChI is InChI=1S/C22H19ClIN3O4/c1-13-9-15(11-25-26-21(28)12-31-20-6-4-3-5-19(20)24)14(2)27(13)16-7-8-17(22(29)30)18(23)10-16/h3-11H,12H2,1-2H3,(H,26,28)(H,29,30)/b25-11+. The Balaban J connectivity index is 1.68. The number of hydrogen-bond donors (Lipinski definition) is 2. The first-order chi connectivity index (χ1) is 14.8. The van der Waals surface area contributed by atoms with Crippen molar-refractivity contribution in [1.82, 2.24) is 9.99 Å². The third-order valence-electron chi connectivity index (χ3n) is 4.50. The summed E-state index contributed by atoms with van der Waals surface area (Å²) in [5.41, 5.74) is 5.81. The minimum Gasteiger partial charge on any atom is -0.483 e. The number of benzene rings is 2. The van der Waals surface area contributed by atoms with Crippen molar-refractivity contribution in [1.29, 1.82) is 0 Å². The van der Waals surface area contributed by atoms with Crippen molar-refractivity contribution in [2.24, 2.45) is 5.10 Å². The van der Waals surface area contributed by atoms with E-state index >= 15 is 0 Å². The summed E-state index contributed by atoms with van der Waals surface area (Å²) in [7, 11) is 0. The number of rotatable bonds is 7. The summed E-state index contributed by atoms with van der Waals surface area (Å²) in [5, 5.41) is 13.3. The van der Waals surface area contributed by atoms with Crippen molar-refractivity contribution in [3.8, 4) is 11.4 Å². The zero-order valence-electron chi connectivity index (χ0n) is 16.7. The summed E-state index contributed by atoms with van der Waals surface area (Å²) >= 11 is 8.25. The van der Waals surface area contributed by atoms with Gasteiger partial charge in [-0.2, -0.15) is 5.10 Å². The average Bonchev–Trinajstić information content (AvgIpc) is 3.00. The van der Waals surface area contributed by atoms with Gasteiger partial charge in [-0.1, -0.05) is 23.7 Å². The number of aromatic nitrogens is 1. The van der Waals surface area contributed by atoms with E-state index in [4.69, 9.17) is 21.4 Å². The fourth-order valence-electron chi connectivity index (χ4n) is 3.04. The van der Waals surface area contributed by atoms with E-state index < -0.39 is 5.97 Å². The molecule has 0 aliphatic carbocycles. The van der Waals surface area contributed by atoms with Gasteiger partial charge in [0.1, 0.15) is 5.75 Å². The lowest BCUT2D eigenvalue weighted by molar-refractivity contribution is -0.123. The summed E-state index contributed by atoms with van der Waals surface area (Å²) in [5.74, 6) is -0.814. The summed E-state index contributed by atoms with van der Waals surface area (Å²) in [6.45, 7) is 3.66. The van der Waals surface area contributed by atoms with Crippen LogP contribution in [0.3, 0.4) is 0 Å². The molecule has 1 amide bonds. The number of aromatic carboxylic acids is 1. The number of aryl methyl sites for hydroxylation is 1. The van der Waals surface area contributed by atoms with Crippen LogP contribution >= 0.6 is 34.2 Å². The van der Waals surface area contributed by atoms with E-state index in [1.54, 1.807) is 24.4 Å². The topological polar surface area (TPSA) is 92.9 Å². The number of carbonyl (C=O) groups is 2. The molecule has 31 heavy (non-hydrogen) atoms. The van der Waals surface area contributed by atoms with Crippen LogP contribution in [0.1, 0.15) is 27.3 Å². The van der Waals surface area contributed by atoms with Crippen molar-refractivity contribution in [3.63, 3.8) is 0 Å². The Morgan fingerprint density at radius 3 is 2.65 bits per heavy atom. The van der Waals surface area contributed by atoms with Crippen LogP contribution < -0.4 is 10.2 Å². The molecule has 0 bridgehead atoms. The molecule has 2 N–H and O–H groups in total. The quantitative estimate of drug-likeness (QED) is 0.255. The van der Waals surface area contributed by atoms with Crippen LogP contribution in [-0.4, -0.2) is 34.4 Å². The Kier molecular flexibility index (Phi) is 7.34. The van der Waals surface area contributed by atoms with Crippen molar-refractivity contribution >= 4 is 52.3 Å². The van der Waals surface area contributed by atoms with E-state index in [9.17, 15) is 9.59 Å². The van der Waals surface area contributed by atoms with E-state index in [-0.39, 0.29) is 23.1 Å². The van der Waals surface area contributed by atoms with Crippen molar-refractivity contribution < 1.29 is 19.4 Å². The van der Waals surface area contributed by atoms with Gasteiger partial charge in [-0.15, -0.1) is 0 Å². The molecule has 7 nitrogen and oxygen atoms in total. The number of hydrogen-bond acceptors (Lipinski definition) is 4. The van der Waals surface area contributed by atoms with Gasteiger partial charge in [0.2, 0.25) is 0 Å². The second kappa shape index (κ2) is 9.97. The Morgan fingerprint density at radius 2 is 1.97 bits per heavy atom. The summed E-state index contributed by atoms with van der Waals surface area (Å²) in [6, 6.07) is 14.1. The molecule has 3 rings (SSSR count). The number of carbonyl (C=O) groups excluding carboxylic acids is 1. The lowest BCUT2D eigenvalue weighted by atomic mass is 10.2. The minimum atomic E-state index is -1.08. The van der Waals surface area contributed by atoms with Crippen LogP contribution in [0.25, 0.3) is 5.69 Å².